The van der Waals surface area contributed by atoms with Crippen molar-refractivity contribution in [1.82, 2.24) is 9.80 Å². The summed E-state index contributed by atoms with van der Waals surface area (Å²) in [6.07, 6.45) is 0. The van der Waals surface area contributed by atoms with Crippen LogP contribution in [0.5, 0.6) is 5.75 Å². The molecule has 1 unspecified atom stereocenters. The van der Waals surface area contributed by atoms with E-state index in [9.17, 15) is 4.79 Å². The molecule has 1 fully saturated rings. The van der Waals surface area contributed by atoms with Gasteiger partial charge in [-0.25, -0.2) is 0 Å². The van der Waals surface area contributed by atoms with Gasteiger partial charge < -0.3 is 9.64 Å². The van der Waals surface area contributed by atoms with Crippen LogP contribution in [0.4, 0.5) is 0 Å². The van der Waals surface area contributed by atoms with Crippen LogP contribution in [0.3, 0.4) is 0 Å². The molecule has 1 aliphatic rings. The van der Waals surface area contributed by atoms with Crippen molar-refractivity contribution < 1.29 is 9.53 Å². The number of nitrogens with zero attached hydrogens (tertiary/aromatic N) is 2. The number of hydrogen-bond acceptors (Lipinski definition) is 3. The lowest BCUT2D eigenvalue weighted by atomic mass is 10.0. The molecule has 5 heteroatoms. The van der Waals surface area contributed by atoms with E-state index >= 15 is 0 Å². The highest BCUT2D eigenvalue weighted by atomic mass is 79.9. The Morgan fingerprint density at radius 2 is 1.83 bits per heavy atom. The number of rotatable bonds is 3. The molecule has 0 aromatic heterocycles. The minimum absolute atomic E-state index is 0.0653. The molecule has 0 N–H and O–H groups in total. The number of carbonyl (C=O) groups is 1. The molecule has 4 nitrogen and oxygen atoms in total. The smallest absolute Gasteiger partial charge is 0.255 e. The second-order valence-corrected chi connectivity index (χ2v) is 6.82. The van der Waals surface area contributed by atoms with Gasteiger partial charge in [-0.2, -0.15) is 0 Å². The van der Waals surface area contributed by atoms with Crippen LogP contribution in [0.15, 0.2) is 53.0 Å². The Kier molecular flexibility index (Phi) is 5.21. The molecular weight excluding hydrogens is 368 g/mol. The molecule has 0 saturated carbocycles. The molecule has 1 aliphatic heterocycles. The Bertz CT molecular complexity index is 735. The van der Waals surface area contributed by atoms with Crippen LogP contribution in [0.1, 0.15) is 22.0 Å². The monoisotopic (exact) mass is 388 g/mol. The zero-order valence-corrected chi connectivity index (χ0v) is 15.5. The van der Waals surface area contributed by atoms with Gasteiger partial charge in [-0.05, 0) is 41.2 Å². The number of para-hydroxylation sites is 1. The second kappa shape index (κ2) is 7.36. The first-order valence-electron chi connectivity index (χ1n) is 7.98. The summed E-state index contributed by atoms with van der Waals surface area (Å²) in [5.74, 6) is 0.931. The van der Waals surface area contributed by atoms with Gasteiger partial charge in [-0.3, -0.25) is 9.69 Å². The summed E-state index contributed by atoms with van der Waals surface area (Å²) >= 11 is 3.48. The minimum atomic E-state index is 0.0653. The van der Waals surface area contributed by atoms with Crippen molar-refractivity contribution in [3.8, 4) is 5.75 Å². The van der Waals surface area contributed by atoms with Gasteiger partial charge in [0.05, 0.1) is 18.7 Å². The molecule has 2 aromatic rings. The lowest BCUT2D eigenvalue weighted by Gasteiger charge is -2.40. The Hall–Kier alpha value is -1.85. The third-order valence-electron chi connectivity index (χ3n) is 4.54. The molecule has 2 aromatic carbocycles. The molecule has 126 valence electrons. The van der Waals surface area contributed by atoms with E-state index in [4.69, 9.17) is 4.74 Å². The molecule has 0 bridgehead atoms. The van der Waals surface area contributed by atoms with Crippen molar-refractivity contribution in [3.05, 3.63) is 64.1 Å². The summed E-state index contributed by atoms with van der Waals surface area (Å²) < 4.78 is 6.34. The van der Waals surface area contributed by atoms with Crippen LogP contribution in [0.25, 0.3) is 0 Å². The highest BCUT2D eigenvalue weighted by molar-refractivity contribution is 9.10. The van der Waals surface area contributed by atoms with Gasteiger partial charge in [-0.1, -0.05) is 30.3 Å². The van der Waals surface area contributed by atoms with Crippen molar-refractivity contribution in [2.45, 2.75) is 6.04 Å². The Labute approximate surface area is 151 Å². The number of benzene rings is 2. The first kappa shape index (κ1) is 17.0. The number of ether oxygens (including phenoxy) is 1. The number of carbonyl (C=O) groups excluding carboxylic acids is 1. The molecule has 3 rings (SSSR count). The summed E-state index contributed by atoms with van der Waals surface area (Å²) in [7, 11) is 3.78. The number of amides is 1. The Balaban J connectivity index is 1.86. The summed E-state index contributed by atoms with van der Waals surface area (Å²) in [6.45, 7) is 2.21. The lowest BCUT2D eigenvalue weighted by Crippen LogP contribution is -2.49. The van der Waals surface area contributed by atoms with E-state index in [0.717, 1.165) is 28.9 Å². The van der Waals surface area contributed by atoms with Gasteiger partial charge in [0.25, 0.3) is 5.91 Å². The molecule has 0 radical (unpaired) electrons. The summed E-state index contributed by atoms with van der Waals surface area (Å²) in [4.78, 5) is 17.1. The number of likely N-dealkylation sites (N-methyl/N-ethyl adjacent to an activating group) is 1. The highest BCUT2D eigenvalue weighted by Gasteiger charge is 2.31. The molecule has 1 heterocycles. The Morgan fingerprint density at radius 1 is 1.12 bits per heavy atom. The molecule has 0 aliphatic carbocycles. The fourth-order valence-corrected chi connectivity index (χ4v) is 3.60. The molecule has 1 amide bonds. The number of halogens is 1. The average Bonchev–Trinajstić information content (AvgIpc) is 2.62. The quantitative estimate of drug-likeness (QED) is 0.805. The minimum Gasteiger partial charge on any atom is -0.496 e. The zero-order valence-electron chi connectivity index (χ0n) is 13.9. The topological polar surface area (TPSA) is 32.8 Å². The van der Waals surface area contributed by atoms with Crippen LogP contribution < -0.4 is 4.74 Å². The molecule has 1 atom stereocenters. The fourth-order valence-electron chi connectivity index (χ4n) is 3.14. The fraction of sp³-hybridized carbons (Fsp3) is 0.316. The van der Waals surface area contributed by atoms with Crippen LogP contribution in [0.2, 0.25) is 0 Å². The highest BCUT2D eigenvalue weighted by Crippen LogP contribution is 2.32. The maximum Gasteiger partial charge on any atom is 0.255 e. The molecule has 24 heavy (non-hydrogen) atoms. The van der Waals surface area contributed by atoms with Crippen molar-refractivity contribution in [2.75, 3.05) is 33.8 Å². The standard InChI is InChI=1S/C19H21BrN2O2/c1-21-11-12-22(19(23)14-7-3-5-9-16(14)20)13-17(21)15-8-4-6-10-18(15)24-2/h3-10,17H,11-13H2,1-2H3. The summed E-state index contributed by atoms with van der Waals surface area (Å²) in [6, 6.07) is 15.7. The zero-order chi connectivity index (χ0) is 17.1. The Morgan fingerprint density at radius 3 is 2.58 bits per heavy atom. The van der Waals surface area contributed by atoms with E-state index < -0.39 is 0 Å². The third-order valence-corrected chi connectivity index (χ3v) is 5.23. The van der Waals surface area contributed by atoms with Crippen molar-refractivity contribution in [3.63, 3.8) is 0 Å². The van der Waals surface area contributed by atoms with Crippen LogP contribution in [0, 0.1) is 0 Å². The second-order valence-electron chi connectivity index (χ2n) is 5.97. The molecule has 0 spiro atoms. The van der Waals surface area contributed by atoms with E-state index in [1.165, 1.54) is 0 Å². The first-order valence-corrected chi connectivity index (χ1v) is 8.78. The van der Waals surface area contributed by atoms with E-state index in [1.807, 2.05) is 47.4 Å². The van der Waals surface area contributed by atoms with Gasteiger partial charge in [0.2, 0.25) is 0 Å². The largest absolute Gasteiger partial charge is 0.496 e. The molecule has 1 saturated heterocycles. The van der Waals surface area contributed by atoms with Crippen LogP contribution in [-0.2, 0) is 0 Å². The first-order chi connectivity index (χ1) is 11.6. The predicted octanol–water partition coefficient (Wildman–Crippen LogP) is 3.59. The molecular formula is C19H21BrN2O2. The van der Waals surface area contributed by atoms with Gasteiger partial charge in [0.15, 0.2) is 0 Å². The predicted molar refractivity (Wildman–Crippen MR) is 98.4 cm³/mol. The maximum atomic E-state index is 12.9. The van der Waals surface area contributed by atoms with Crippen LogP contribution >= 0.6 is 15.9 Å². The van der Waals surface area contributed by atoms with Gasteiger partial charge in [-0.15, -0.1) is 0 Å². The van der Waals surface area contributed by atoms with Crippen molar-refractivity contribution in [1.29, 1.82) is 0 Å². The summed E-state index contributed by atoms with van der Waals surface area (Å²) in [5, 5.41) is 0. The maximum absolute atomic E-state index is 12.9. The lowest BCUT2D eigenvalue weighted by molar-refractivity contribution is 0.0541. The SMILES string of the molecule is COc1ccccc1C1CN(C(=O)c2ccccc2Br)CCN1C. The van der Waals surface area contributed by atoms with Crippen molar-refractivity contribution in [2.24, 2.45) is 0 Å². The van der Waals surface area contributed by atoms with E-state index in [0.29, 0.717) is 12.1 Å². The third kappa shape index (κ3) is 3.32. The van der Waals surface area contributed by atoms with E-state index in [1.54, 1.807) is 7.11 Å². The number of methoxy groups -OCH3 is 1. The normalized spacial score (nSPS) is 18.5. The van der Waals surface area contributed by atoms with Gasteiger partial charge in [0.1, 0.15) is 5.75 Å². The average molecular weight is 389 g/mol. The van der Waals surface area contributed by atoms with Crippen LogP contribution in [-0.4, -0.2) is 49.5 Å². The van der Waals surface area contributed by atoms with E-state index in [2.05, 4.69) is 33.9 Å². The summed E-state index contributed by atoms with van der Waals surface area (Å²) in [5.41, 5.74) is 1.83. The van der Waals surface area contributed by atoms with E-state index in [-0.39, 0.29) is 11.9 Å². The van der Waals surface area contributed by atoms with Gasteiger partial charge in [0, 0.05) is 29.7 Å². The van der Waals surface area contributed by atoms with Gasteiger partial charge >= 0.3 is 0 Å². The van der Waals surface area contributed by atoms with Crippen molar-refractivity contribution >= 4 is 21.8 Å². The number of piperazine rings is 1. The number of hydrogen-bond donors (Lipinski definition) is 0.